The zero-order valence-electron chi connectivity index (χ0n) is 13.6. The Morgan fingerprint density at radius 1 is 1.20 bits per heavy atom. The number of amides is 3. The van der Waals surface area contributed by atoms with Crippen LogP contribution < -0.4 is 15.5 Å². The predicted octanol–water partition coefficient (Wildman–Crippen LogP) is 3.20. The molecule has 3 amide bonds. The van der Waals surface area contributed by atoms with E-state index in [9.17, 15) is 18.4 Å². The molecule has 5 nitrogen and oxygen atoms in total. The maximum atomic E-state index is 13.4. The molecule has 2 N–H and O–H groups in total. The normalized spacial score (nSPS) is 16.8. The lowest BCUT2D eigenvalue weighted by molar-refractivity contribution is -0.118. The van der Waals surface area contributed by atoms with Crippen molar-refractivity contribution in [3.63, 3.8) is 0 Å². The molecule has 1 saturated heterocycles. The Kier molecular flexibility index (Phi) is 4.65. The van der Waals surface area contributed by atoms with Crippen LogP contribution in [0, 0.1) is 18.6 Å². The van der Waals surface area contributed by atoms with Gasteiger partial charge in [-0.2, -0.15) is 0 Å². The Morgan fingerprint density at radius 3 is 2.72 bits per heavy atom. The van der Waals surface area contributed by atoms with E-state index in [2.05, 4.69) is 10.6 Å². The number of rotatable bonds is 3. The van der Waals surface area contributed by atoms with Gasteiger partial charge < -0.3 is 15.5 Å². The van der Waals surface area contributed by atoms with Gasteiger partial charge in [0.1, 0.15) is 17.7 Å². The van der Waals surface area contributed by atoms with Gasteiger partial charge in [-0.05, 0) is 55.3 Å². The fourth-order valence-corrected chi connectivity index (χ4v) is 2.76. The lowest BCUT2D eigenvalue weighted by Gasteiger charge is -2.18. The molecule has 0 spiro atoms. The quantitative estimate of drug-likeness (QED) is 0.897. The topological polar surface area (TPSA) is 61.4 Å². The standard InChI is InChI=1S/C18H17F2N3O2/c1-11-9-14(5-6-15(11)20)23-8-7-16(17(23)24)22-18(25)21-13-4-2-3-12(19)10-13/h2-6,9-10,16H,7-8H2,1H3,(H2,21,22,25). The first kappa shape index (κ1) is 16.9. The van der Waals surface area contributed by atoms with Gasteiger partial charge in [0.15, 0.2) is 0 Å². The molecule has 0 bridgehead atoms. The van der Waals surface area contributed by atoms with Crippen LogP contribution in [0.2, 0.25) is 0 Å². The summed E-state index contributed by atoms with van der Waals surface area (Å²) in [6.45, 7) is 2.05. The number of hydrogen-bond acceptors (Lipinski definition) is 2. The highest BCUT2D eigenvalue weighted by Crippen LogP contribution is 2.24. The minimum atomic E-state index is -0.682. The van der Waals surface area contributed by atoms with E-state index in [0.29, 0.717) is 29.9 Å². The van der Waals surface area contributed by atoms with Crippen LogP contribution in [0.25, 0.3) is 0 Å². The molecule has 2 aromatic carbocycles. The SMILES string of the molecule is Cc1cc(N2CCC(NC(=O)Nc3cccc(F)c3)C2=O)ccc1F. The molecule has 7 heteroatoms. The van der Waals surface area contributed by atoms with Crippen molar-refractivity contribution < 1.29 is 18.4 Å². The number of aryl methyl sites for hydroxylation is 1. The first-order chi connectivity index (χ1) is 11.9. The molecule has 0 aromatic heterocycles. The lowest BCUT2D eigenvalue weighted by atomic mass is 10.2. The summed E-state index contributed by atoms with van der Waals surface area (Å²) in [4.78, 5) is 26.0. The summed E-state index contributed by atoms with van der Waals surface area (Å²) in [5.74, 6) is -1.06. The van der Waals surface area contributed by atoms with Crippen molar-refractivity contribution in [1.29, 1.82) is 0 Å². The monoisotopic (exact) mass is 345 g/mol. The lowest BCUT2D eigenvalue weighted by Crippen LogP contribution is -2.43. The number of urea groups is 1. The van der Waals surface area contributed by atoms with E-state index in [0.717, 1.165) is 0 Å². The molecule has 1 aliphatic heterocycles. The number of anilines is 2. The number of halogens is 2. The third kappa shape index (κ3) is 3.76. The Hall–Kier alpha value is -2.96. The fraction of sp³-hybridized carbons (Fsp3) is 0.222. The highest BCUT2D eigenvalue weighted by atomic mass is 19.1. The maximum absolute atomic E-state index is 13.4. The van der Waals surface area contributed by atoms with E-state index in [1.165, 1.54) is 35.2 Å². The predicted molar refractivity (Wildman–Crippen MR) is 90.4 cm³/mol. The maximum Gasteiger partial charge on any atom is 0.319 e. The number of nitrogens with one attached hydrogen (secondary N) is 2. The molecule has 1 heterocycles. The molecular weight excluding hydrogens is 328 g/mol. The van der Waals surface area contributed by atoms with E-state index >= 15 is 0 Å². The molecule has 130 valence electrons. The van der Waals surface area contributed by atoms with Gasteiger partial charge in [-0.25, -0.2) is 13.6 Å². The van der Waals surface area contributed by atoms with Gasteiger partial charge in [-0.15, -0.1) is 0 Å². The van der Waals surface area contributed by atoms with Crippen LogP contribution in [0.1, 0.15) is 12.0 Å². The zero-order valence-corrected chi connectivity index (χ0v) is 13.6. The highest BCUT2D eigenvalue weighted by molar-refractivity contribution is 6.02. The van der Waals surface area contributed by atoms with E-state index in [4.69, 9.17) is 0 Å². The molecule has 0 aliphatic carbocycles. The van der Waals surface area contributed by atoms with Crippen molar-refractivity contribution in [1.82, 2.24) is 5.32 Å². The molecule has 1 fully saturated rings. The minimum Gasteiger partial charge on any atom is -0.326 e. The number of benzene rings is 2. The summed E-state index contributed by atoms with van der Waals surface area (Å²) >= 11 is 0. The van der Waals surface area contributed by atoms with Crippen LogP contribution >= 0.6 is 0 Å². The Bertz CT molecular complexity index is 826. The summed E-state index contributed by atoms with van der Waals surface area (Å²) in [5, 5.41) is 5.08. The highest BCUT2D eigenvalue weighted by Gasteiger charge is 2.33. The van der Waals surface area contributed by atoms with E-state index in [1.54, 1.807) is 19.1 Å². The van der Waals surface area contributed by atoms with Gasteiger partial charge in [-0.1, -0.05) is 6.07 Å². The fourth-order valence-electron chi connectivity index (χ4n) is 2.76. The summed E-state index contributed by atoms with van der Waals surface area (Å²) in [6, 6.07) is 8.67. The van der Waals surface area contributed by atoms with Crippen LogP contribution in [0.3, 0.4) is 0 Å². The number of carbonyl (C=O) groups excluding carboxylic acids is 2. The van der Waals surface area contributed by atoms with E-state index < -0.39 is 17.9 Å². The molecule has 3 rings (SSSR count). The van der Waals surface area contributed by atoms with Crippen LogP contribution in [0.4, 0.5) is 25.0 Å². The van der Waals surface area contributed by atoms with Crippen molar-refractivity contribution in [3.8, 4) is 0 Å². The van der Waals surface area contributed by atoms with Crippen LogP contribution in [-0.4, -0.2) is 24.5 Å². The van der Waals surface area contributed by atoms with E-state index in [-0.39, 0.29) is 11.7 Å². The Morgan fingerprint density at radius 2 is 2.00 bits per heavy atom. The third-order valence-corrected chi connectivity index (χ3v) is 4.05. The van der Waals surface area contributed by atoms with Gasteiger partial charge in [0.2, 0.25) is 5.91 Å². The van der Waals surface area contributed by atoms with Gasteiger partial charge in [-0.3, -0.25) is 4.79 Å². The third-order valence-electron chi connectivity index (χ3n) is 4.05. The second kappa shape index (κ2) is 6.88. The van der Waals surface area contributed by atoms with Crippen molar-refractivity contribution in [2.45, 2.75) is 19.4 Å². The van der Waals surface area contributed by atoms with Gasteiger partial charge in [0, 0.05) is 17.9 Å². The average Bonchev–Trinajstić information content (AvgIpc) is 2.91. The molecule has 2 aromatic rings. The van der Waals surface area contributed by atoms with Crippen molar-refractivity contribution in [3.05, 3.63) is 59.7 Å². The first-order valence-corrected chi connectivity index (χ1v) is 7.84. The smallest absolute Gasteiger partial charge is 0.319 e. The summed E-state index contributed by atoms with van der Waals surface area (Å²) in [7, 11) is 0. The Balaban J connectivity index is 1.63. The number of hydrogen-bond donors (Lipinski definition) is 2. The molecule has 1 aliphatic rings. The summed E-state index contributed by atoms with van der Waals surface area (Å²) < 4.78 is 26.5. The molecule has 1 unspecified atom stereocenters. The number of carbonyl (C=O) groups is 2. The molecule has 25 heavy (non-hydrogen) atoms. The van der Waals surface area contributed by atoms with Gasteiger partial charge in [0.25, 0.3) is 0 Å². The first-order valence-electron chi connectivity index (χ1n) is 7.84. The van der Waals surface area contributed by atoms with Crippen molar-refractivity contribution in [2.75, 3.05) is 16.8 Å². The second-order valence-electron chi connectivity index (χ2n) is 5.87. The molecule has 0 saturated carbocycles. The van der Waals surface area contributed by atoms with Crippen molar-refractivity contribution >= 4 is 23.3 Å². The average molecular weight is 345 g/mol. The second-order valence-corrected chi connectivity index (χ2v) is 5.87. The van der Waals surface area contributed by atoms with E-state index in [1.807, 2.05) is 0 Å². The van der Waals surface area contributed by atoms with Crippen LogP contribution in [0.5, 0.6) is 0 Å². The minimum absolute atomic E-state index is 0.264. The summed E-state index contributed by atoms with van der Waals surface area (Å²) in [6.07, 6.45) is 0.436. The van der Waals surface area contributed by atoms with Gasteiger partial charge in [0.05, 0.1) is 0 Å². The van der Waals surface area contributed by atoms with Crippen LogP contribution in [-0.2, 0) is 4.79 Å². The molecular formula is C18H17F2N3O2. The zero-order chi connectivity index (χ0) is 18.0. The largest absolute Gasteiger partial charge is 0.326 e. The molecule has 0 radical (unpaired) electrons. The Labute approximate surface area is 143 Å². The van der Waals surface area contributed by atoms with Crippen LogP contribution in [0.15, 0.2) is 42.5 Å². The summed E-state index contributed by atoms with van der Waals surface area (Å²) in [5.41, 5.74) is 1.35. The molecule has 1 atom stereocenters. The number of nitrogens with zero attached hydrogens (tertiary/aromatic N) is 1. The van der Waals surface area contributed by atoms with Gasteiger partial charge >= 0.3 is 6.03 Å². The van der Waals surface area contributed by atoms with Crippen molar-refractivity contribution in [2.24, 2.45) is 0 Å².